The van der Waals surface area contributed by atoms with Crippen LogP contribution in [0.5, 0.6) is 11.5 Å². The lowest BCUT2D eigenvalue weighted by Gasteiger charge is -2.19. The van der Waals surface area contributed by atoms with Gasteiger partial charge in [-0.1, -0.05) is 11.6 Å². The van der Waals surface area contributed by atoms with Gasteiger partial charge in [0.1, 0.15) is 12.2 Å². The van der Waals surface area contributed by atoms with Gasteiger partial charge in [0.25, 0.3) is 5.91 Å². The van der Waals surface area contributed by atoms with Crippen LogP contribution in [0.25, 0.3) is 6.08 Å². The van der Waals surface area contributed by atoms with Crippen molar-refractivity contribution >= 4 is 68.5 Å². The highest BCUT2D eigenvalue weighted by Crippen LogP contribution is 2.38. The molecule has 10 heteroatoms. The van der Waals surface area contributed by atoms with E-state index in [1.165, 1.54) is 24.0 Å². The van der Waals surface area contributed by atoms with Crippen molar-refractivity contribution in [1.82, 2.24) is 4.90 Å². The lowest BCUT2D eigenvalue weighted by Crippen LogP contribution is -2.35. The number of esters is 1. The fourth-order valence-electron chi connectivity index (χ4n) is 3.11. The van der Waals surface area contributed by atoms with Crippen molar-refractivity contribution in [1.29, 1.82) is 0 Å². The van der Waals surface area contributed by atoms with Crippen molar-refractivity contribution < 1.29 is 23.8 Å². The monoisotopic (exact) mass is 538 g/mol. The van der Waals surface area contributed by atoms with Gasteiger partial charge < -0.3 is 19.1 Å². The molecule has 1 aliphatic heterocycles. The van der Waals surface area contributed by atoms with E-state index in [1.807, 2.05) is 6.92 Å². The summed E-state index contributed by atoms with van der Waals surface area (Å²) in [4.78, 5) is 28.2. The summed E-state index contributed by atoms with van der Waals surface area (Å²) >= 11 is 15.0. The summed E-state index contributed by atoms with van der Waals surface area (Å²) < 4.78 is 16.5. The zero-order valence-corrected chi connectivity index (χ0v) is 20.7. The Kier molecular flexibility index (Phi) is 7.76. The third kappa shape index (κ3) is 4.90. The first kappa shape index (κ1) is 24.0. The number of amides is 1. The number of halogens is 2. The first-order valence-corrected chi connectivity index (χ1v) is 11.1. The van der Waals surface area contributed by atoms with Gasteiger partial charge in [-0.05, 0) is 83.1 Å². The van der Waals surface area contributed by atoms with Crippen LogP contribution in [-0.4, -0.2) is 49.3 Å². The zero-order valence-electron chi connectivity index (χ0n) is 17.6. The number of methoxy groups -OCH3 is 2. The molecule has 1 saturated heterocycles. The number of carbonyl (C=O) groups excluding carboxylic acids is 2. The Morgan fingerprint density at radius 2 is 1.91 bits per heavy atom. The lowest BCUT2D eigenvalue weighted by atomic mass is 10.1. The molecule has 0 spiro atoms. The molecular formula is C22H20BrClN2O5S. The second kappa shape index (κ2) is 10.3. The Morgan fingerprint density at radius 1 is 1.22 bits per heavy atom. The highest BCUT2D eigenvalue weighted by atomic mass is 79.9. The minimum absolute atomic E-state index is 0.158. The topological polar surface area (TPSA) is 68.3 Å². The minimum Gasteiger partial charge on any atom is -0.493 e. The first-order valence-electron chi connectivity index (χ1n) is 9.51. The quantitative estimate of drug-likeness (QED) is 0.288. The average Bonchev–Trinajstić information content (AvgIpc) is 3.00. The lowest BCUT2D eigenvalue weighted by molar-refractivity contribution is -0.140. The summed E-state index contributed by atoms with van der Waals surface area (Å²) in [5.74, 6) is 0.134. The molecule has 0 atom stereocenters. The number of carbonyl (C=O) groups is 2. The number of thiocarbonyl (C=S) groups is 1. The van der Waals surface area contributed by atoms with Crippen LogP contribution in [0.2, 0.25) is 5.02 Å². The van der Waals surface area contributed by atoms with E-state index in [0.717, 1.165) is 0 Å². The predicted octanol–water partition coefficient (Wildman–Crippen LogP) is 4.66. The van der Waals surface area contributed by atoms with Gasteiger partial charge in [-0.3, -0.25) is 14.5 Å². The van der Waals surface area contributed by atoms with Gasteiger partial charge in [0, 0.05) is 5.02 Å². The molecule has 0 aromatic heterocycles. The molecule has 0 radical (unpaired) electrons. The summed E-state index contributed by atoms with van der Waals surface area (Å²) in [7, 11) is 2.81. The molecule has 2 aromatic rings. The van der Waals surface area contributed by atoms with Gasteiger partial charge in [-0.25, -0.2) is 0 Å². The maximum absolute atomic E-state index is 13.4. The van der Waals surface area contributed by atoms with Gasteiger partial charge >= 0.3 is 5.97 Å². The molecule has 0 unspecified atom stereocenters. The predicted molar refractivity (Wildman–Crippen MR) is 130 cm³/mol. The van der Waals surface area contributed by atoms with Crippen LogP contribution < -0.4 is 14.4 Å². The van der Waals surface area contributed by atoms with Crippen LogP contribution in [0, 0.1) is 0 Å². The summed E-state index contributed by atoms with van der Waals surface area (Å²) in [6.07, 6.45) is 1.64. The Hall–Kier alpha value is -2.62. The number of ether oxygens (including phenoxy) is 3. The SMILES string of the molecule is CCOc1c(Br)cc(/C=C2/C(=O)N(c3ccc(Cl)cc3)C(=S)N2CC(=O)OC)cc1OC. The highest BCUT2D eigenvalue weighted by molar-refractivity contribution is 9.10. The normalized spacial score (nSPS) is 14.8. The van der Waals surface area contributed by atoms with E-state index in [2.05, 4.69) is 15.9 Å². The van der Waals surface area contributed by atoms with Crippen LogP contribution in [0.15, 0.2) is 46.6 Å². The molecule has 1 aliphatic rings. The molecule has 3 rings (SSSR count). The second-order valence-corrected chi connectivity index (χ2v) is 8.21. The molecule has 0 N–H and O–H groups in total. The number of hydrogen-bond donors (Lipinski definition) is 0. The minimum atomic E-state index is -0.533. The second-order valence-electron chi connectivity index (χ2n) is 6.56. The van der Waals surface area contributed by atoms with Crippen molar-refractivity contribution in [3.63, 3.8) is 0 Å². The summed E-state index contributed by atoms with van der Waals surface area (Å²) in [6, 6.07) is 10.2. The molecule has 1 amide bonds. The largest absolute Gasteiger partial charge is 0.493 e. The number of benzene rings is 2. The highest BCUT2D eigenvalue weighted by Gasteiger charge is 2.40. The van der Waals surface area contributed by atoms with Crippen molar-refractivity contribution in [2.45, 2.75) is 6.92 Å². The van der Waals surface area contributed by atoms with Crippen LogP contribution in [0.3, 0.4) is 0 Å². The maximum Gasteiger partial charge on any atom is 0.325 e. The van der Waals surface area contributed by atoms with E-state index in [0.29, 0.717) is 38.9 Å². The van der Waals surface area contributed by atoms with E-state index >= 15 is 0 Å². The number of anilines is 1. The van der Waals surface area contributed by atoms with Gasteiger partial charge in [0.15, 0.2) is 16.6 Å². The molecule has 1 fully saturated rings. The molecular weight excluding hydrogens is 520 g/mol. The van der Waals surface area contributed by atoms with Crippen molar-refractivity contribution in [2.24, 2.45) is 0 Å². The van der Waals surface area contributed by atoms with Crippen LogP contribution in [0.4, 0.5) is 5.69 Å². The average molecular weight is 540 g/mol. The van der Waals surface area contributed by atoms with Crippen LogP contribution in [-0.2, 0) is 14.3 Å². The number of nitrogens with zero attached hydrogens (tertiary/aromatic N) is 2. The van der Waals surface area contributed by atoms with E-state index in [9.17, 15) is 9.59 Å². The fourth-order valence-corrected chi connectivity index (χ4v) is 4.16. The fraction of sp³-hybridized carbons (Fsp3) is 0.227. The van der Waals surface area contributed by atoms with E-state index in [-0.39, 0.29) is 23.3 Å². The summed E-state index contributed by atoms with van der Waals surface area (Å²) in [5.41, 5.74) is 1.40. The number of hydrogen-bond acceptors (Lipinski definition) is 6. The molecule has 0 bridgehead atoms. The molecule has 168 valence electrons. The molecule has 7 nitrogen and oxygen atoms in total. The van der Waals surface area contributed by atoms with Crippen LogP contribution >= 0.6 is 39.7 Å². The van der Waals surface area contributed by atoms with Crippen molar-refractivity contribution in [3.05, 3.63) is 57.2 Å². The number of rotatable bonds is 7. The Labute approximate surface area is 204 Å². The van der Waals surface area contributed by atoms with Gasteiger partial charge in [0.05, 0.1) is 31.0 Å². The Balaban J connectivity index is 2.08. The van der Waals surface area contributed by atoms with Crippen LogP contribution in [0.1, 0.15) is 12.5 Å². The molecule has 0 saturated carbocycles. The third-order valence-corrected chi connectivity index (χ3v) is 5.82. The Bertz CT molecular complexity index is 1090. The van der Waals surface area contributed by atoms with E-state index < -0.39 is 5.97 Å². The smallest absolute Gasteiger partial charge is 0.325 e. The molecule has 0 aliphatic carbocycles. The van der Waals surface area contributed by atoms with Gasteiger partial charge in [-0.15, -0.1) is 0 Å². The Morgan fingerprint density at radius 3 is 2.50 bits per heavy atom. The third-order valence-electron chi connectivity index (χ3n) is 4.58. The molecule has 32 heavy (non-hydrogen) atoms. The summed E-state index contributed by atoms with van der Waals surface area (Å²) in [5, 5.41) is 0.686. The van der Waals surface area contributed by atoms with Crippen molar-refractivity contribution in [2.75, 3.05) is 32.3 Å². The zero-order chi connectivity index (χ0) is 23.4. The van der Waals surface area contributed by atoms with Gasteiger partial charge in [-0.2, -0.15) is 0 Å². The summed E-state index contributed by atoms with van der Waals surface area (Å²) in [6.45, 7) is 2.12. The van der Waals surface area contributed by atoms with E-state index in [1.54, 1.807) is 42.5 Å². The molecule has 2 aromatic carbocycles. The first-order chi connectivity index (χ1) is 15.3. The molecule has 1 heterocycles. The standard InChI is InChI=1S/C22H20BrClN2O5S/c1-4-31-20-16(23)9-13(11-18(20)29-2)10-17-21(28)26(15-7-5-14(24)6-8-15)22(32)25(17)12-19(27)30-3/h5-11H,4,12H2,1-3H3/b17-10-. The maximum atomic E-state index is 13.4. The van der Waals surface area contributed by atoms with E-state index in [4.69, 9.17) is 38.0 Å². The van der Waals surface area contributed by atoms with Crippen molar-refractivity contribution in [3.8, 4) is 11.5 Å². The van der Waals surface area contributed by atoms with Gasteiger partial charge in [0.2, 0.25) is 0 Å².